The van der Waals surface area contributed by atoms with Crippen LogP contribution in [0.5, 0.6) is 0 Å². The van der Waals surface area contributed by atoms with Crippen molar-refractivity contribution in [2.45, 2.75) is 16.5 Å². The lowest BCUT2D eigenvalue weighted by Crippen LogP contribution is -1.87. The molecule has 0 saturated carbocycles. The van der Waals surface area contributed by atoms with Crippen LogP contribution >= 0.6 is 35.0 Å². The van der Waals surface area contributed by atoms with Gasteiger partial charge in [-0.1, -0.05) is 29.8 Å². The smallest absolute Gasteiger partial charge is 0.128 e. The summed E-state index contributed by atoms with van der Waals surface area (Å²) in [6.07, 6.45) is 0. The lowest BCUT2D eigenvalue weighted by atomic mass is 10.2. The first-order valence-corrected chi connectivity index (χ1v) is 7.30. The topological polar surface area (TPSA) is 0 Å². The van der Waals surface area contributed by atoms with Crippen LogP contribution in [0.1, 0.15) is 11.1 Å². The van der Waals surface area contributed by atoms with Crippen molar-refractivity contribution in [3.8, 4) is 0 Å². The fourth-order valence-electron chi connectivity index (χ4n) is 1.47. The third-order valence-electron chi connectivity index (χ3n) is 2.49. The van der Waals surface area contributed by atoms with Gasteiger partial charge >= 0.3 is 0 Å². The highest BCUT2D eigenvalue weighted by molar-refractivity contribution is 7.98. The lowest BCUT2D eigenvalue weighted by molar-refractivity contribution is 0.617. The minimum Gasteiger partial charge on any atom is -0.207 e. The summed E-state index contributed by atoms with van der Waals surface area (Å²) in [6.45, 7) is 0. The summed E-state index contributed by atoms with van der Waals surface area (Å²) in [5.74, 6) is 0.840. The normalized spacial score (nSPS) is 10.6. The molecule has 2 rings (SSSR count). The second-order valence-corrected chi connectivity index (χ2v) is 5.55. The number of rotatable bonds is 4. The van der Waals surface area contributed by atoms with Crippen molar-refractivity contribution in [2.24, 2.45) is 0 Å². The van der Waals surface area contributed by atoms with Crippen LogP contribution in [0.3, 0.4) is 0 Å². The van der Waals surface area contributed by atoms with Gasteiger partial charge in [0.25, 0.3) is 0 Å². The van der Waals surface area contributed by atoms with Gasteiger partial charge in [0.05, 0.1) is 0 Å². The van der Waals surface area contributed by atoms with E-state index < -0.39 is 0 Å². The zero-order valence-corrected chi connectivity index (χ0v) is 11.8. The molecular formula is C14H11Cl2FS. The van der Waals surface area contributed by atoms with Crippen LogP contribution in [-0.4, -0.2) is 0 Å². The molecule has 0 heterocycles. The third-order valence-corrected chi connectivity index (χ3v) is 4.09. The van der Waals surface area contributed by atoms with E-state index in [1.54, 1.807) is 23.9 Å². The molecule has 94 valence electrons. The van der Waals surface area contributed by atoms with Crippen molar-refractivity contribution in [1.82, 2.24) is 0 Å². The molecule has 0 nitrogen and oxygen atoms in total. The second-order valence-electron chi connectivity index (χ2n) is 3.80. The first-order chi connectivity index (χ1) is 8.69. The molecule has 0 unspecified atom stereocenters. The van der Waals surface area contributed by atoms with Crippen molar-refractivity contribution in [3.63, 3.8) is 0 Å². The summed E-state index contributed by atoms with van der Waals surface area (Å²) in [5, 5.41) is 0.424. The summed E-state index contributed by atoms with van der Waals surface area (Å²) < 4.78 is 13.6. The predicted octanol–water partition coefficient (Wildman–Crippen LogP) is 5.51. The largest absolute Gasteiger partial charge is 0.207 e. The Balaban J connectivity index is 2.02. The first kappa shape index (κ1) is 13.7. The van der Waals surface area contributed by atoms with Crippen LogP contribution in [0.15, 0.2) is 47.4 Å². The molecule has 0 radical (unpaired) electrons. The van der Waals surface area contributed by atoms with Crippen LogP contribution < -0.4 is 0 Å². The third kappa shape index (κ3) is 3.64. The summed E-state index contributed by atoms with van der Waals surface area (Å²) in [7, 11) is 0. The molecule has 0 fully saturated rings. The molecule has 0 aromatic heterocycles. The zero-order chi connectivity index (χ0) is 13.0. The Kier molecular flexibility index (Phi) is 4.93. The lowest BCUT2D eigenvalue weighted by Gasteiger charge is -2.04. The van der Waals surface area contributed by atoms with E-state index in [1.807, 2.05) is 24.3 Å². The molecule has 0 aliphatic carbocycles. The minimum atomic E-state index is -0.257. The predicted molar refractivity (Wildman–Crippen MR) is 77.0 cm³/mol. The van der Waals surface area contributed by atoms with Gasteiger partial charge in [0.1, 0.15) is 5.82 Å². The maximum absolute atomic E-state index is 13.6. The quantitative estimate of drug-likeness (QED) is 0.530. The van der Waals surface area contributed by atoms with Gasteiger partial charge in [-0.25, -0.2) is 4.39 Å². The first-order valence-electron chi connectivity index (χ1n) is 5.40. The number of hydrogen-bond donors (Lipinski definition) is 0. The molecule has 0 aliphatic rings. The van der Waals surface area contributed by atoms with E-state index in [2.05, 4.69) is 0 Å². The van der Waals surface area contributed by atoms with E-state index >= 15 is 0 Å². The zero-order valence-electron chi connectivity index (χ0n) is 9.50. The van der Waals surface area contributed by atoms with E-state index in [-0.39, 0.29) is 5.82 Å². The Bertz CT molecular complexity index is 526. The van der Waals surface area contributed by atoms with E-state index in [4.69, 9.17) is 23.2 Å². The van der Waals surface area contributed by atoms with Gasteiger partial charge in [0, 0.05) is 21.6 Å². The Morgan fingerprint density at radius 3 is 2.39 bits per heavy atom. The van der Waals surface area contributed by atoms with Crippen LogP contribution in [0.25, 0.3) is 0 Å². The van der Waals surface area contributed by atoms with Crippen molar-refractivity contribution in [1.29, 1.82) is 0 Å². The summed E-state index contributed by atoms with van der Waals surface area (Å²) in [5.41, 5.74) is 1.74. The molecule has 18 heavy (non-hydrogen) atoms. The molecule has 0 bridgehead atoms. The molecular weight excluding hydrogens is 290 g/mol. The number of benzene rings is 2. The Morgan fingerprint density at radius 2 is 1.78 bits per heavy atom. The second kappa shape index (κ2) is 6.46. The monoisotopic (exact) mass is 300 g/mol. The maximum Gasteiger partial charge on any atom is 0.128 e. The summed E-state index contributed by atoms with van der Waals surface area (Å²) in [4.78, 5) is 1.10. The highest BCUT2D eigenvalue weighted by Gasteiger charge is 2.04. The standard InChI is InChI=1S/C14H11Cl2FS/c15-8-10-1-5-13(6-2-10)18-9-11-3-4-12(16)7-14(11)17/h1-7H,8-9H2. The molecule has 0 amide bonds. The molecule has 2 aromatic rings. The van der Waals surface area contributed by atoms with Crippen LogP contribution in [0.2, 0.25) is 5.02 Å². The number of halogens is 3. The van der Waals surface area contributed by atoms with Crippen LogP contribution in [0, 0.1) is 5.82 Å². The van der Waals surface area contributed by atoms with E-state index in [0.29, 0.717) is 22.2 Å². The Labute approximate surface area is 120 Å². The molecule has 0 spiro atoms. The number of hydrogen-bond acceptors (Lipinski definition) is 1. The van der Waals surface area contributed by atoms with E-state index in [1.165, 1.54) is 6.07 Å². The van der Waals surface area contributed by atoms with Crippen molar-refractivity contribution in [3.05, 3.63) is 64.4 Å². The van der Waals surface area contributed by atoms with Gasteiger partial charge in [-0.3, -0.25) is 0 Å². The van der Waals surface area contributed by atoms with Crippen molar-refractivity contribution >= 4 is 35.0 Å². The molecule has 0 atom stereocenters. The van der Waals surface area contributed by atoms with E-state index in [0.717, 1.165) is 10.5 Å². The average molecular weight is 301 g/mol. The Morgan fingerprint density at radius 1 is 1.06 bits per heavy atom. The van der Waals surface area contributed by atoms with Crippen LogP contribution in [0.4, 0.5) is 4.39 Å². The summed E-state index contributed by atoms with van der Waals surface area (Å²) in [6, 6.07) is 12.7. The maximum atomic E-state index is 13.6. The van der Waals surface area contributed by atoms with Gasteiger partial charge < -0.3 is 0 Å². The molecule has 0 N–H and O–H groups in total. The van der Waals surface area contributed by atoms with Gasteiger partial charge in [0.15, 0.2) is 0 Å². The van der Waals surface area contributed by atoms with Gasteiger partial charge in [-0.05, 0) is 35.4 Å². The van der Waals surface area contributed by atoms with Crippen molar-refractivity contribution in [2.75, 3.05) is 0 Å². The highest BCUT2D eigenvalue weighted by atomic mass is 35.5. The average Bonchev–Trinajstić information content (AvgIpc) is 2.38. The highest BCUT2D eigenvalue weighted by Crippen LogP contribution is 2.25. The minimum absolute atomic E-state index is 0.257. The fourth-order valence-corrected chi connectivity index (χ4v) is 2.70. The SMILES string of the molecule is Fc1cc(Cl)ccc1CSc1ccc(CCl)cc1. The Hall–Kier alpha value is -0.700. The molecule has 2 aromatic carbocycles. The van der Waals surface area contributed by atoms with Gasteiger partial charge in [-0.15, -0.1) is 23.4 Å². The van der Waals surface area contributed by atoms with Gasteiger partial charge in [-0.2, -0.15) is 0 Å². The fraction of sp³-hybridized carbons (Fsp3) is 0.143. The molecule has 4 heteroatoms. The van der Waals surface area contributed by atoms with E-state index in [9.17, 15) is 4.39 Å². The summed E-state index contributed by atoms with van der Waals surface area (Å²) >= 11 is 13.0. The number of alkyl halides is 1. The molecule has 0 saturated heterocycles. The number of thioether (sulfide) groups is 1. The van der Waals surface area contributed by atoms with Crippen molar-refractivity contribution < 1.29 is 4.39 Å². The molecule has 0 aliphatic heterocycles. The van der Waals surface area contributed by atoms with Crippen LogP contribution in [-0.2, 0) is 11.6 Å². The van der Waals surface area contributed by atoms with Gasteiger partial charge in [0.2, 0.25) is 0 Å².